The number of guanidine groups is 1. The van der Waals surface area contributed by atoms with Crippen molar-refractivity contribution in [2.24, 2.45) is 4.99 Å². The average Bonchev–Trinajstić information content (AvgIpc) is 3.10. The normalized spacial score (nSPS) is 15.0. The average molecular weight is 404 g/mol. The Morgan fingerprint density at radius 3 is 2.81 bits per heavy atom. The third kappa shape index (κ3) is 5.64. The molecule has 0 amide bonds. The Morgan fingerprint density at radius 2 is 2.14 bits per heavy atom. The van der Waals surface area contributed by atoms with Crippen molar-refractivity contribution < 1.29 is 0 Å². The molecule has 6 nitrogen and oxygen atoms in total. The molecule has 0 saturated carbocycles. The largest absolute Gasteiger partial charge is 0.357 e. The molecule has 2 rings (SSSR count). The molecular formula is C14H25IN6. The fourth-order valence-electron chi connectivity index (χ4n) is 2.26. The SMILES string of the molecule is CCNC(=NCCn1cnnc1CC)NC1CC=CC1.I. The standard InChI is InChI=1S/C14H24N6.HI/c1-3-13-19-17-11-20(13)10-9-16-14(15-4-2)18-12-7-5-6-8-12;/h5-6,11-12H,3-4,7-10H2,1-2H3,(H2,15,16,18);1H. The van der Waals surface area contributed by atoms with Crippen LogP contribution < -0.4 is 10.6 Å². The molecule has 118 valence electrons. The molecule has 0 fully saturated rings. The van der Waals surface area contributed by atoms with E-state index in [0.717, 1.165) is 50.7 Å². The second-order valence-corrected chi connectivity index (χ2v) is 4.84. The third-order valence-electron chi connectivity index (χ3n) is 3.32. The van der Waals surface area contributed by atoms with Crippen molar-refractivity contribution in [3.63, 3.8) is 0 Å². The van der Waals surface area contributed by atoms with Gasteiger partial charge in [-0.05, 0) is 19.8 Å². The lowest BCUT2D eigenvalue weighted by atomic mass is 10.2. The number of aryl methyl sites for hydroxylation is 1. The molecule has 0 radical (unpaired) electrons. The van der Waals surface area contributed by atoms with Crippen LogP contribution in [0.5, 0.6) is 0 Å². The maximum atomic E-state index is 4.62. The maximum absolute atomic E-state index is 4.62. The number of hydrogen-bond acceptors (Lipinski definition) is 3. The number of rotatable bonds is 6. The van der Waals surface area contributed by atoms with Crippen LogP contribution >= 0.6 is 24.0 Å². The smallest absolute Gasteiger partial charge is 0.191 e. The molecule has 1 aliphatic carbocycles. The summed E-state index contributed by atoms with van der Waals surface area (Å²) in [5, 5.41) is 14.8. The zero-order valence-corrected chi connectivity index (χ0v) is 15.1. The number of aromatic nitrogens is 3. The van der Waals surface area contributed by atoms with Crippen molar-refractivity contribution in [2.75, 3.05) is 13.1 Å². The molecule has 0 unspecified atom stereocenters. The van der Waals surface area contributed by atoms with Crippen LogP contribution in [0, 0.1) is 0 Å². The van der Waals surface area contributed by atoms with Gasteiger partial charge < -0.3 is 15.2 Å². The lowest BCUT2D eigenvalue weighted by molar-refractivity contribution is 0.624. The predicted molar refractivity (Wildman–Crippen MR) is 96.1 cm³/mol. The highest BCUT2D eigenvalue weighted by atomic mass is 127. The van der Waals surface area contributed by atoms with E-state index in [0.29, 0.717) is 6.04 Å². The van der Waals surface area contributed by atoms with Gasteiger partial charge in [-0.3, -0.25) is 4.99 Å². The summed E-state index contributed by atoms with van der Waals surface area (Å²) < 4.78 is 2.06. The third-order valence-corrected chi connectivity index (χ3v) is 3.32. The van der Waals surface area contributed by atoms with Gasteiger partial charge in [-0.2, -0.15) is 0 Å². The van der Waals surface area contributed by atoms with Crippen LogP contribution in [0.25, 0.3) is 0 Å². The van der Waals surface area contributed by atoms with Crippen molar-refractivity contribution in [3.8, 4) is 0 Å². The van der Waals surface area contributed by atoms with Crippen LogP contribution in [0.1, 0.15) is 32.5 Å². The Bertz CT molecular complexity index is 460. The molecule has 0 bridgehead atoms. The molecule has 21 heavy (non-hydrogen) atoms. The molecule has 0 aromatic carbocycles. The van der Waals surface area contributed by atoms with Crippen molar-refractivity contribution in [2.45, 2.75) is 45.7 Å². The first-order chi connectivity index (χ1) is 9.83. The lowest BCUT2D eigenvalue weighted by Gasteiger charge is -2.16. The second-order valence-electron chi connectivity index (χ2n) is 4.84. The van der Waals surface area contributed by atoms with Crippen LogP contribution in [0.15, 0.2) is 23.5 Å². The van der Waals surface area contributed by atoms with E-state index in [1.807, 2.05) is 0 Å². The minimum absolute atomic E-state index is 0. The number of nitrogens with zero attached hydrogens (tertiary/aromatic N) is 4. The second kappa shape index (κ2) is 9.75. The van der Waals surface area contributed by atoms with Crippen LogP contribution in [-0.4, -0.2) is 39.9 Å². The first kappa shape index (κ1) is 17.9. The zero-order valence-electron chi connectivity index (χ0n) is 12.7. The van der Waals surface area contributed by atoms with E-state index in [1.165, 1.54) is 0 Å². The Balaban J connectivity index is 0.00000220. The van der Waals surface area contributed by atoms with Gasteiger partial charge in [-0.1, -0.05) is 19.1 Å². The van der Waals surface area contributed by atoms with E-state index in [2.05, 4.69) is 56.4 Å². The molecule has 0 atom stereocenters. The predicted octanol–water partition coefficient (Wildman–Crippen LogP) is 1.73. The minimum atomic E-state index is 0. The highest BCUT2D eigenvalue weighted by Gasteiger charge is 2.11. The van der Waals surface area contributed by atoms with Gasteiger partial charge in [0, 0.05) is 25.6 Å². The molecule has 0 aliphatic heterocycles. The number of nitrogens with one attached hydrogen (secondary N) is 2. The molecule has 0 spiro atoms. The Labute approximate surface area is 143 Å². The van der Waals surface area contributed by atoms with Crippen LogP contribution in [0.2, 0.25) is 0 Å². The van der Waals surface area contributed by atoms with Crippen molar-refractivity contribution >= 4 is 29.9 Å². The van der Waals surface area contributed by atoms with Gasteiger partial charge in [0.2, 0.25) is 0 Å². The van der Waals surface area contributed by atoms with Gasteiger partial charge in [0.25, 0.3) is 0 Å². The van der Waals surface area contributed by atoms with E-state index in [4.69, 9.17) is 0 Å². The van der Waals surface area contributed by atoms with Crippen molar-refractivity contribution in [3.05, 3.63) is 24.3 Å². The molecule has 1 aromatic rings. The van der Waals surface area contributed by atoms with E-state index in [1.54, 1.807) is 6.33 Å². The number of halogens is 1. The minimum Gasteiger partial charge on any atom is -0.357 e. The van der Waals surface area contributed by atoms with Gasteiger partial charge in [-0.15, -0.1) is 34.2 Å². The summed E-state index contributed by atoms with van der Waals surface area (Å²) in [7, 11) is 0. The Hall–Kier alpha value is -1.12. The molecular weight excluding hydrogens is 379 g/mol. The Morgan fingerprint density at radius 1 is 1.38 bits per heavy atom. The topological polar surface area (TPSA) is 67.1 Å². The van der Waals surface area contributed by atoms with Gasteiger partial charge >= 0.3 is 0 Å². The summed E-state index contributed by atoms with van der Waals surface area (Å²) in [6.45, 7) is 6.58. The highest BCUT2D eigenvalue weighted by molar-refractivity contribution is 14.0. The van der Waals surface area contributed by atoms with E-state index in [-0.39, 0.29) is 24.0 Å². The fraction of sp³-hybridized carbons (Fsp3) is 0.643. The molecule has 2 N–H and O–H groups in total. The summed E-state index contributed by atoms with van der Waals surface area (Å²) in [4.78, 5) is 4.62. The highest BCUT2D eigenvalue weighted by Crippen LogP contribution is 2.08. The van der Waals surface area contributed by atoms with E-state index >= 15 is 0 Å². The number of aliphatic imine (C=N–C) groups is 1. The zero-order chi connectivity index (χ0) is 14.2. The molecule has 1 heterocycles. The summed E-state index contributed by atoms with van der Waals surface area (Å²) in [5.41, 5.74) is 0. The first-order valence-corrected chi connectivity index (χ1v) is 7.40. The molecule has 7 heteroatoms. The van der Waals surface area contributed by atoms with Crippen LogP contribution in [0.3, 0.4) is 0 Å². The quantitative estimate of drug-likeness (QED) is 0.328. The van der Waals surface area contributed by atoms with Gasteiger partial charge in [0.15, 0.2) is 5.96 Å². The van der Waals surface area contributed by atoms with Gasteiger partial charge in [0.05, 0.1) is 6.54 Å². The monoisotopic (exact) mass is 404 g/mol. The lowest BCUT2D eigenvalue weighted by Crippen LogP contribution is -2.42. The van der Waals surface area contributed by atoms with Crippen molar-refractivity contribution in [1.82, 2.24) is 25.4 Å². The molecule has 1 aromatic heterocycles. The molecule has 1 aliphatic rings. The number of hydrogen-bond donors (Lipinski definition) is 2. The summed E-state index contributed by atoms with van der Waals surface area (Å²) in [6.07, 6.45) is 9.26. The van der Waals surface area contributed by atoms with Crippen molar-refractivity contribution in [1.29, 1.82) is 0 Å². The summed E-state index contributed by atoms with van der Waals surface area (Å²) in [5.74, 6) is 1.91. The van der Waals surface area contributed by atoms with E-state index in [9.17, 15) is 0 Å². The maximum Gasteiger partial charge on any atom is 0.191 e. The Kier molecular flexibility index (Phi) is 8.33. The van der Waals surface area contributed by atoms with E-state index < -0.39 is 0 Å². The summed E-state index contributed by atoms with van der Waals surface area (Å²) in [6, 6.07) is 0.480. The molecule has 0 saturated heterocycles. The van der Waals surface area contributed by atoms with Gasteiger partial charge in [-0.25, -0.2) is 0 Å². The van der Waals surface area contributed by atoms with Crippen LogP contribution in [-0.2, 0) is 13.0 Å². The summed E-state index contributed by atoms with van der Waals surface area (Å²) >= 11 is 0. The fourth-order valence-corrected chi connectivity index (χ4v) is 2.26. The first-order valence-electron chi connectivity index (χ1n) is 7.40. The van der Waals surface area contributed by atoms with Crippen LogP contribution in [0.4, 0.5) is 0 Å². The van der Waals surface area contributed by atoms with Gasteiger partial charge in [0.1, 0.15) is 12.2 Å².